The Morgan fingerprint density at radius 2 is 0.923 bits per heavy atom. The second kappa shape index (κ2) is 13.8. The summed E-state index contributed by atoms with van der Waals surface area (Å²) in [5.41, 5.74) is 10.7. The lowest BCUT2D eigenvalue weighted by molar-refractivity contribution is 0.672. The van der Waals surface area contributed by atoms with Crippen LogP contribution in [-0.4, -0.2) is 24.1 Å². The fourth-order valence-corrected chi connectivity index (χ4v) is 10.2. The van der Waals surface area contributed by atoms with Gasteiger partial charge in [-0.15, -0.1) is 0 Å². The molecule has 6 nitrogen and oxygen atoms in total. The molecule has 0 spiro atoms. The first-order chi connectivity index (χ1) is 32.2. The Hall–Kier alpha value is -8.87. The van der Waals surface area contributed by atoms with Crippen LogP contribution in [0.1, 0.15) is 0 Å². The monoisotopic (exact) mass is 829 g/mol. The SMILES string of the molecule is c1ccc(-c2cccc(-c3nc(-c4ccc5oc6c7ccccc7ccc6c5c4-n4c5ccccc5c5cc6ccccc6cc54)nc(-n4c5ccccc5c5ccccc54)n3)c2)cc1. The summed E-state index contributed by atoms with van der Waals surface area (Å²) in [4.78, 5) is 16.4. The third-order valence-electron chi connectivity index (χ3n) is 13.1. The van der Waals surface area contributed by atoms with Gasteiger partial charge in [0.25, 0.3) is 0 Å². The first-order valence-corrected chi connectivity index (χ1v) is 21.9. The number of para-hydroxylation sites is 3. The van der Waals surface area contributed by atoms with E-state index in [2.05, 4.69) is 215 Å². The maximum absolute atomic E-state index is 6.95. The number of nitrogens with zero attached hydrogens (tertiary/aromatic N) is 5. The minimum atomic E-state index is 0.537. The van der Waals surface area contributed by atoms with E-state index in [1.807, 2.05) is 6.07 Å². The van der Waals surface area contributed by atoms with Crippen LogP contribution in [0, 0.1) is 0 Å². The maximum atomic E-state index is 6.95. The van der Waals surface area contributed by atoms with Gasteiger partial charge in [-0.1, -0.05) is 158 Å². The number of furan rings is 1. The van der Waals surface area contributed by atoms with Crippen LogP contribution < -0.4 is 0 Å². The Morgan fingerprint density at radius 3 is 1.68 bits per heavy atom. The number of hydrogen-bond donors (Lipinski definition) is 0. The summed E-state index contributed by atoms with van der Waals surface area (Å²) >= 11 is 0. The standard InChI is InChI=1S/C59H35N5O/c1-2-15-36(16-3-1)38-20-14-21-41(33-38)57-60-58(62-59(61-57)64-50-27-12-8-23-43(50)44-24-9-13-28-51(44)64)47-31-32-53-54(46-30-29-37-17-6-7-22-42(37)56(46)65-53)55(47)63-49-26-11-10-25-45(49)48-34-39-18-4-5-19-40(39)35-52(48)63/h1-35H. The number of fused-ring (bicyclic) bond motifs is 12. The second-order valence-corrected chi connectivity index (χ2v) is 16.8. The summed E-state index contributed by atoms with van der Waals surface area (Å²) < 4.78 is 11.5. The molecule has 0 aliphatic rings. The molecule has 302 valence electrons. The van der Waals surface area contributed by atoms with E-state index < -0.39 is 0 Å². The number of benzene rings is 10. The van der Waals surface area contributed by atoms with Crippen molar-refractivity contribution in [3.63, 3.8) is 0 Å². The molecule has 0 atom stereocenters. The van der Waals surface area contributed by atoms with Crippen LogP contribution in [-0.2, 0) is 0 Å². The van der Waals surface area contributed by atoms with Gasteiger partial charge in [-0.3, -0.25) is 4.57 Å². The molecule has 10 aromatic carbocycles. The molecule has 0 N–H and O–H groups in total. The van der Waals surface area contributed by atoms with E-state index in [-0.39, 0.29) is 0 Å². The molecule has 4 heterocycles. The van der Waals surface area contributed by atoms with Gasteiger partial charge in [-0.2, -0.15) is 9.97 Å². The molecule has 0 unspecified atom stereocenters. The highest BCUT2D eigenvalue weighted by Crippen LogP contribution is 2.45. The van der Waals surface area contributed by atoms with Crippen molar-refractivity contribution in [2.24, 2.45) is 0 Å². The van der Waals surface area contributed by atoms with E-state index in [0.717, 1.165) is 104 Å². The van der Waals surface area contributed by atoms with Gasteiger partial charge in [0.2, 0.25) is 5.95 Å². The fraction of sp³-hybridized carbons (Fsp3) is 0. The highest BCUT2D eigenvalue weighted by Gasteiger charge is 2.26. The molecule has 0 radical (unpaired) electrons. The summed E-state index contributed by atoms with van der Waals surface area (Å²) in [6.45, 7) is 0. The van der Waals surface area contributed by atoms with E-state index >= 15 is 0 Å². The van der Waals surface area contributed by atoms with Gasteiger partial charge in [0.1, 0.15) is 11.2 Å². The number of hydrogen-bond acceptors (Lipinski definition) is 4. The third-order valence-corrected chi connectivity index (χ3v) is 13.1. The second-order valence-electron chi connectivity index (χ2n) is 16.8. The van der Waals surface area contributed by atoms with Crippen LogP contribution in [0.3, 0.4) is 0 Å². The highest BCUT2D eigenvalue weighted by molar-refractivity contribution is 6.21. The summed E-state index contributed by atoms with van der Waals surface area (Å²) in [6.07, 6.45) is 0. The molecule has 0 fully saturated rings. The molecule has 0 saturated heterocycles. The zero-order chi connectivity index (χ0) is 42.6. The molecule has 0 saturated carbocycles. The molecule has 14 aromatic rings. The molecule has 14 rings (SSSR count). The van der Waals surface area contributed by atoms with E-state index in [9.17, 15) is 0 Å². The van der Waals surface area contributed by atoms with Crippen LogP contribution in [0.2, 0.25) is 0 Å². The first-order valence-electron chi connectivity index (χ1n) is 21.9. The smallest absolute Gasteiger partial charge is 0.238 e. The van der Waals surface area contributed by atoms with Crippen LogP contribution in [0.5, 0.6) is 0 Å². The van der Waals surface area contributed by atoms with Gasteiger partial charge in [0, 0.05) is 43.4 Å². The lowest BCUT2D eigenvalue weighted by Gasteiger charge is -2.17. The molecule has 4 aromatic heterocycles. The van der Waals surface area contributed by atoms with Crippen LogP contribution in [0.25, 0.3) is 133 Å². The topological polar surface area (TPSA) is 61.7 Å². The minimum absolute atomic E-state index is 0.537. The van der Waals surface area contributed by atoms with E-state index in [4.69, 9.17) is 19.4 Å². The van der Waals surface area contributed by atoms with Crippen molar-refractivity contribution in [2.45, 2.75) is 0 Å². The molecular weight excluding hydrogens is 795 g/mol. The number of aromatic nitrogens is 5. The average Bonchev–Trinajstić information content (AvgIpc) is 4.03. The highest BCUT2D eigenvalue weighted by atomic mass is 16.3. The minimum Gasteiger partial charge on any atom is -0.455 e. The molecule has 0 amide bonds. The van der Waals surface area contributed by atoms with Crippen molar-refractivity contribution in [3.8, 4) is 45.5 Å². The Kier molecular flexibility index (Phi) is 7.59. The van der Waals surface area contributed by atoms with Crippen LogP contribution in [0.15, 0.2) is 217 Å². The Balaban J connectivity index is 1.14. The van der Waals surface area contributed by atoms with Crippen molar-refractivity contribution in [3.05, 3.63) is 212 Å². The van der Waals surface area contributed by atoms with Gasteiger partial charge in [0.15, 0.2) is 11.6 Å². The molecule has 6 heteroatoms. The first kappa shape index (κ1) is 35.7. The Labute approximate surface area is 371 Å². The van der Waals surface area contributed by atoms with E-state index in [1.165, 1.54) is 10.8 Å². The van der Waals surface area contributed by atoms with Crippen molar-refractivity contribution < 1.29 is 4.42 Å². The zero-order valence-corrected chi connectivity index (χ0v) is 34.9. The predicted molar refractivity (Wildman–Crippen MR) is 267 cm³/mol. The molecular formula is C59H35N5O. The zero-order valence-electron chi connectivity index (χ0n) is 34.9. The number of rotatable bonds is 5. The van der Waals surface area contributed by atoms with Gasteiger partial charge in [-0.05, 0) is 81.9 Å². The summed E-state index contributed by atoms with van der Waals surface area (Å²) in [5, 5.41) is 11.2. The maximum Gasteiger partial charge on any atom is 0.238 e. The van der Waals surface area contributed by atoms with Crippen molar-refractivity contribution in [2.75, 3.05) is 0 Å². The van der Waals surface area contributed by atoms with Crippen molar-refractivity contribution in [1.29, 1.82) is 0 Å². The largest absolute Gasteiger partial charge is 0.455 e. The summed E-state index contributed by atoms with van der Waals surface area (Å²) in [7, 11) is 0. The molecule has 65 heavy (non-hydrogen) atoms. The van der Waals surface area contributed by atoms with Crippen LogP contribution >= 0.6 is 0 Å². The quantitative estimate of drug-likeness (QED) is 0.173. The average molecular weight is 830 g/mol. The van der Waals surface area contributed by atoms with Crippen molar-refractivity contribution in [1.82, 2.24) is 24.1 Å². The van der Waals surface area contributed by atoms with Crippen LogP contribution in [0.4, 0.5) is 0 Å². The Morgan fingerprint density at radius 1 is 0.338 bits per heavy atom. The summed E-state index contributed by atoms with van der Waals surface area (Å²) in [6, 6.07) is 75.0. The lowest BCUT2D eigenvalue weighted by Crippen LogP contribution is -2.08. The van der Waals surface area contributed by atoms with Gasteiger partial charge in [-0.25, -0.2) is 4.98 Å². The molecule has 0 bridgehead atoms. The Bertz CT molecular complexity index is 4200. The van der Waals surface area contributed by atoms with Gasteiger partial charge >= 0.3 is 0 Å². The van der Waals surface area contributed by atoms with Gasteiger partial charge in [0.05, 0.1) is 33.1 Å². The lowest BCUT2D eigenvalue weighted by atomic mass is 10.0. The summed E-state index contributed by atoms with van der Waals surface area (Å²) in [5.74, 6) is 1.66. The van der Waals surface area contributed by atoms with Crippen molar-refractivity contribution >= 4 is 87.1 Å². The molecule has 0 aliphatic heterocycles. The van der Waals surface area contributed by atoms with E-state index in [0.29, 0.717) is 17.6 Å². The normalized spacial score (nSPS) is 12.0. The van der Waals surface area contributed by atoms with Gasteiger partial charge < -0.3 is 8.98 Å². The fourth-order valence-electron chi connectivity index (χ4n) is 10.2. The molecule has 0 aliphatic carbocycles. The van der Waals surface area contributed by atoms with E-state index in [1.54, 1.807) is 0 Å². The predicted octanol–water partition coefficient (Wildman–Crippen LogP) is 15.3. The third kappa shape index (κ3) is 5.38.